The summed E-state index contributed by atoms with van der Waals surface area (Å²) in [5, 5.41) is 15.5. The van der Waals surface area contributed by atoms with Crippen LogP contribution in [-0.2, 0) is 17.9 Å². The molecule has 1 aliphatic carbocycles. The Morgan fingerprint density at radius 1 is 1.38 bits per heavy atom. The van der Waals surface area contributed by atoms with Crippen molar-refractivity contribution in [3.05, 3.63) is 35.4 Å². The van der Waals surface area contributed by atoms with Crippen LogP contribution in [0.2, 0.25) is 0 Å². The molecule has 0 radical (unpaired) electrons. The number of benzene rings is 1. The second-order valence-electron chi connectivity index (χ2n) is 6.91. The first-order valence-corrected chi connectivity index (χ1v) is 8.89. The number of amides is 2. The van der Waals surface area contributed by atoms with Crippen LogP contribution in [0.3, 0.4) is 0 Å². The third kappa shape index (κ3) is 4.95. The normalized spacial score (nSPS) is 23.2. The summed E-state index contributed by atoms with van der Waals surface area (Å²) in [5.74, 6) is 0. The molecule has 2 amide bonds. The van der Waals surface area contributed by atoms with Gasteiger partial charge in [-0.25, -0.2) is 4.79 Å². The highest BCUT2D eigenvalue weighted by Crippen LogP contribution is 2.37. The zero-order chi connectivity index (χ0) is 17.4. The van der Waals surface area contributed by atoms with Gasteiger partial charge in [0.1, 0.15) is 0 Å². The first-order valence-electron chi connectivity index (χ1n) is 8.89. The lowest BCUT2D eigenvalue weighted by Crippen LogP contribution is -2.48. The van der Waals surface area contributed by atoms with Crippen molar-refractivity contribution in [1.29, 1.82) is 0 Å². The molecule has 1 saturated carbocycles. The van der Waals surface area contributed by atoms with Gasteiger partial charge in [-0.3, -0.25) is 0 Å². The number of rotatable bonds is 8. The second kappa shape index (κ2) is 9.04. The van der Waals surface area contributed by atoms with E-state index in [1.807, 2.05) is 31.2 Å². The van der Waals surface area contributed by atoms with Crippen LogP contribution in [0.15, 0.2) is 24.3 Å². The quantitative estimate of drug-likeness (QED) is 0.640. The molecule has 1 aliphatic rings. The van der Waals surface area contributed by atoms with E-state index in [0.29, 0.717) is 13.2 Å². The molecule has 5 heteroatoms. The summed E-state index contributed by atoms with van der Waals surface area (Å²) in [6.07, 6.45) is 3.91. The molecule has 0 aliphatic heterocycles. The molecule has 1 aromatic carbocycles. The summed E-state index contributed by atoms with van der Waals surface area (Å²) in [5.41, 5.74) is 1.97. The van der Waals surface area contributed by atoms with Crippen molar-refractivity contribution >= 4 is 6.03 Å². The summed E-state index contributed by atoms with van der Waals surface area (Å²) in [7, 11) is 0. The highest BCUT2D eigenvalue weighted by atomic mass is 16.5. The van der Waals surface area contributed by atoms with Crippen LogP contribution in [0.1, 0.15) is 50.7 Å². The maximum atomic E-state index is 12.2. The van der Waals surface area contributed by atoms with Crippen molar-refractivity contribution in [3.8, 4) is 0 Å². The minimum absolute atomic E-state index is 0.0330. The third-order valence-electron chi connectivity index (χ3n) is 4.91. The van der Waals surface area contributed by atoms with Gasteiger partial charge in [0.05, 0.1) is 13.2 Å². The van der Waals surface area contributed by atoms with Crippen LogP contribution in [0.25, 0.3) is 0 Å². The smallest absolute Gasteiger partial charge is 0.315 e. The van der Waals surface area contributed by atoms with Gasteiger partial charge in [-0.15, -0.1) is 0 Å². The number of hydrogen-bond donors (Lipinski definition) is 3. The van der Waals surface area contributed by atoms with E-state index in [9.17, 15) is 9.90 Å². The van der Waals surface area contributed by atoms with Gasteiger partial charge in [0, 0.05) is 24.6 Å². The zero-order valence-electron chi connectivity index (χ0n) is 14.8. The number of urea groups is 1. The number of aliphatic hydroxyl groups excluding tert-OH is 1. The topological polar surface area (TPSA) is 70.6 Å². The van der Waals surface area contributed by atoms with Crippen molar-refractivity contribution in [2.45, 2.75) is 58.7 Å². The van der Waals surface area contributed by atoms with E-state index in [2.05, 4.69) is 17.6 Å². The largest absolute Gasteiger partial charge is 0.396 e. The van der Waals surface area contributed by atoms with Crippen molar-refractivity contribution in [1.82, 2.24) is 10.6 Å². The standard InChI is InChI=1S/C19H30N2O3/c1-3-11-24-13-16-8-5-4-7-15(16)12-20-18(23)21-17-9-6-10-19(17,2)14-22/h4-5,7-8,17,22H,3,6,9-14H2,1-2H3,(H2,20,21,23). The van der Waals surface area contributed by atoms with Gasteiger partial charge in [-0.2, -0.15) is 0 Å². The minimum atomic E-state index is -0.205. The third-order valence-corrected chi connectivity index (χ3v) is 4.91. The van der Waals surface area contributed by atoms with Gasteiger partial charge in [0.25, 0.3) is 0 Å². The van der Waals surface area contributed by atoms with Gasteiger partial charge in [-0.05, 0) is 30.4 Å². The molecule has 2 atom stereocenters. The molecule has 2 unspecified atom stereocenters. The van der Waals surface area contributed by atoms with E-state index in [1.165, 1.54) is 0 Å². The Labute approximate surface area is 144 Å². The predicted molar refractivity (Wildman–Crippen MR) is 94.6 cm³/mol. The van der Waals surface area contributed by atoms with E-state index in [0.717, 1.165) is 43.4 Å². The number of carbonyl (C=O) groups excluding carboxylic acids is 1. The Balaban J connectivity index is 1.85. The molecule has 0 bridgehead atoms. The Kier molecular flexibility index (Phi) is 7.06. The Bertz CT molecular complexity index is 535. The minimum Gasteiger partial charge on any atom is -0.396 e. The number of hydrogen-bond acceptors (Lipinski definition) is 3. The Morgan fingerprint density at radius 3 is 2.83 bits per heavy atom. The lowest BCUT2D eigenvalue weighted by Gasteiger charge is -2.30. The summed E-state index contributed by atoms with van der Waals surface area (Å²) in [6.45, 7) is 6.00. The molecular formula is C19H30N2O3. The monoisotopic (exact) mass is 334 g/mol. The fraction of sp³-hybridized carbons (Fsp3) is 0.632. The molecule has 24 heavy (non-hydrogen) atoms. The van der Waals surface area contributed by atoms with Crippen molar-refractivity contribution in [3.63, 3.8) is 0 Å². The molecule has 1 aromatic rings. The first kappa shape index (κ1) is 18.7. The molecule has 0 saturated heterocycles. The lowest BCUT2D eigenvalue weighted by atomic mass is 9.86. The average Bonchev–Trinajstić information content (AvgIpc) is 2.95. The van der Waals surface area contributed by atoms with Gasteiger partial charge in [-0.1, -0.05) is 44.5 Å². The summed E-state index contributed by atoms with van der Waals surface area (Å²) < 4.78 is 5.61. The molecule has 2 rings (SSSR count). The number of nitrogens with one attached hydrogen (secondary N) is 2. The molecule has 0 spiro atoms. The van der Waals surface area contributed by atoms with E-state index in [4.69, 9.17) is 4.74 Å². The van der Waals surface area contributed by atoms with Gasteiger partial charge < -0.3 is 20.5 Å². The van der Waals surface area contributed by atoms with Crippen LogP contribution in [-0.4, -0.2) is 30.4 Å². The molecule has 0 heterocycles. The maximum Gasteiger partial charge on any atom is 0.315 e. The van der Waals surface area contributed by atoms with Gasteiger partial charge in [0.2, 0.25) is 0 Å². The van der Waals surface area contributed by atoms with Crippen molar-refractivity contribution in [2.24, 2.45) is 5.41 Å². The highest BCUT2D eigenvalue weighted by Gasteiger charge is 2.39. The van der Waals surface area contributed by atoms with E-state index in [1.54, 1.807) is 0 Å². The van der Waals surface area contributed by atoms with Crippen LogP contribution in [0.5, 0.6) is 0 Å². The fourth-order valence-corrected chi connectivity index (χ4v) is 3.25. The van der Waals surface area contributed by atoms with Crippen LogP contribution < -0.4 is 10.6 Å². The molecule has 1 fully saturated rings. The summed E-state index contributed by atoms with van der Waals surface area (Å²) in [4.78, 5) is 12.2. The number of carbonyl (C=O) groups is 1. The van der Waals surface area contributed by atoms with Crippen LogP contribution in [0, 0.1) is 5.41 Å². The molecule has 5 nitrogen and oxygen atoms in total. The van der Waals surface area contributed by atoms with Gasteiger partial charge >= 0.3 is 6.03 Å². The summed E-state index contributed by atoms with van der Waals surface area (Å²) >= 11 is 0. The zero-order valence-corrected chi connectivity index (χ0v) is 14.8. The van der Waals surface area contributed by atoms with Crippen molar-refractivity contribution < 1.29 is 14.6 Å². The fourth-order valence-electron chi connectivity index (χ4n) is 3.25. The highest BCUT2D eigenvalue weighted by molar-refractivity contribution is 5.74. The Morgan fingerprint density at radius 2 is 2.12 bits per heavy atom. The first-order chi connectivity index (χ1) is 11.6. The van der Waals surface area contributed by atoms with Crippen molar-refractivity contribution in [2.75, 3.05) is 13.2 Å². The number of aliphatic hydroxyl groups is 1. The molecule has 134 valence electrons. The molecular weight excluding hydrogens is 304 g/mol. The predicted octanol–water partition coefficient (Wildman–Crippen LogP) is 2.96. The SMILES string of the molecule is CCCOCc1ccccc1CNC(=O)NC1CCCC1(C)CO. The number of ether oxygens (including phenoxy) is 1. The second-order valence-corrected chi connectivity index (χ2v) is 6.91. The van der Waals surface area contributed by atoms with Crippen LogP contribution >= 0.6 is 0 Å². The van der Waals surface area contributed by atoms with Crippen LogP contribution in [0.4, 0.5) is 4.79 Å². The van der Waals surface area contributed by atoms with Gasteiger partial charge in [0.15, 0.2) is 0 Å². The molecule has 0 aromatic heterocycles. The maximum absolute atomic E-state index is 12.2. The Hall–Kier alpha value is -1.59. The van der Waals surface area contributed by atoms with E-state index in [-0.39, 0.29) is 24.1 Å². The lowest BCUT2D eigenvalue weighted by molar-refractivity contribution is 0.120. The average molecular weight is 334 g/mol. The van der Waals surface area contributed by atoms with E-state index >= 15 is 0 Å². The summed E-state index contributed by atoms with van der Waals surface area (Å²) in [6, 6.07) is 7.86. The molecule has 3 N–H and O–H groups in total. The van der Waals surface area contributed by atoms with E-state index < -0.39 is 0 Å².